The molecule has 0 unspecified atom stereocenters. The molecule has 0 spiro atoms. The van der Waals surface area contributed by atoms with Crippen molar-refractivity contribution >= 4 is 0 Å². The third-order valence-corrected chi connectivity index (χ3v) is 3.99. The van der Waals surface area contributed by atoms with Crippen LogP contribution in [0.4, 0.5) is 0 Å². The van der Waals surface area contributed by atoms with E-state index >= 15 is 0 Å². The molecule has 0 heterocycles. The summed E-state index contributed by atoms with van der Waals surface area (Å²) in [7, 11) is 0. The summed E-state index contributed by atoms with van der Waals surface area (Å²) in [6, 6.07) is 0. The van der Waals surface area contributed by atoms with Crippen LogP contribution in [-0.4, -0.2) is 0 Å². The molecule has 0 amide bonds. The second kappa shape index (κ2) is 31.6. The van der Waals surface area contributed by atoms with Crippen LogP contribution in [-0.2, 0) is 0 Å². The minimum Gasteiger partial charge on any atom is -0.346 e. The fourth-order valence-electron chi connectivity index (χ4n) is 2.61. The van der Waals surface area contributed by atoms with Crippen molar-refractivity contribution in [1.82, 2.24) is 0 Å². The topological polar surface area (TPSA) is 0 Å². The largest absolute Gasteiger partial charge is 1.00 e. The van der Waals surface area contributed by atoms with Crippen LogP contribution >= 0.6 is 0 Å². The Kier molecular flexibility index (Phi) is 44.5. The first kappa shape index (κ1) is 32.5. The zero-order chi connectivity index (χ0) is 14.7. The Morgan fingerprint density at radius 2 is 0.870 bits per heavy atom. The normalized spacial score (nSPS) is 9.65. The molecule has 0 fully saturated rings. The molecule has 0 saturated heterocycles. The number of rotatable bonds is 17. The second-order valence-corrected chi connectivity index (χ2v) is 6.12. The van der Waals surface area contributed by atoms with Crippen molar-refractivity contribution in [2.75, 3.05) is 0 Å². The SMILES string of the molecule is [CH2-]CC[CH-]CCCCCCCCCC[CH-]CCCCC.[Li+].[Li+].[Li+]. The van der Waals surface area contributed by atoms with E-state index in [1.165, 1.54) is 96.3 Å². The van der Waals surface area contributed by atoms with Crippen LogP contribution in [0.3, 0.4) is 0 Å². The third kappa shape index (κ3) is 32.0. The standard InChI is InChI=1S/C20H39.3Li/c1-3-5-7-9-11-13-15-17-19-20-18-16-14-12-10-8-6-4-2;;;/h7,12H,1,3-6,8-11,13-20H2,2H3;;;/q-3;3*+1. The van der Waals surface area contributed by atoms with E-state index in [0.717, 1.165) is 6.42 Å². The molecule has 0 bridgehead atoms. The summed E-state index contributed by atoms with van der Waals surface area (Å²) in [6.45, 7) is 6.14. The van der Waals surface area contributed by atoms with Crippen LogP contribution < -0.4 is 56.6 Å². The minimum absolute atomic E-state index is 0. The van der Waals surface area contributed by atoms with Gasteiger partial charge in [0.25, 0.3) is 0 Å². The summed E-state index contributed by atoms with van der Waals surface area (Å²) < 4.78 is 0. The van der Waals surface area contributed by atoms with Gasteiger partial charge in [0.1, 0.15) is 0 Å². The van der Waals surface area contributed by atoms with Gasteiger partial charge in [-0.3, -0.25) is 0 Å². The van der Waals surface area contributed by atoms with Gasteiger partial charge in [-0.25, -0.2) is 12.8 Å². The van der Waals surface area contributed by atoms with Crippen molar-refractivity contribution in [3.8, 4) is 0 Å². The summed E-state index contributed by atoms with van der Waals surface area (Å²) in [5, 5.41) is 0. The maximum absolute atomic E-state index is 3.86. The summed E-state index contributed by atoms with van der Waals surface area (Å²) >= 11 is 0. The third-order valence-electron chi connectivity index (χ3n) is 3.99. The molecule has 0 aliphatic carbocycles. The van der Waals surface area contributed by atoms with Crippen LogP contribution in [0.25, 0.3) is 0 Å². The quantitative estimate of drug-likeness (QED) is 0.174. The fraction of sp³-hybridized carbons (Fsp3) is 0.850. The monoisotopic (exact) mass is 300 g/mol. The average Bonchev–Trinajstić information content (AvgIpc) is 2.47. The van der Waals surface area contributed by atoms with Gasteiger partial charge in [-0.05, 0) is 0 Å². The Morgan fingerprint density at radius 1 is 0.522 bits per heavy atom. The molecule has 0 nitrogen and oxygen atoms in total. The zero-order valence-electron chi connectivity index (χ0n) is 17.2. The van der Waals surface area contributed by atoms with E-state index < -0.39 is 0 Å². The van der Waals surface area contributed by atoms with E-state index in [9.17, 15) is 0 Å². The molecule has 0 radical (unpaired) electrons. The summed E-state index contributed by atoms with van der Waals surface area (Å²) in [4.78, 5) is 0. The molecule has 0 aromatic rings. The molecular formula is C20H39Li3. The molecule has 0 atom stereocenters. The molecule has 0 aromatic carbocycles. The second-order valence-electron chi connectivity index (χ2n) is 6.12. The van der Waals surface area contributed by atoms with Gasteiger partial charge >= 0.3 is 56.6 Å². The van der Waals surface area contributed by atoms with Crippen molar-refractivity contribution < 1.29 is 56.6 Å². The Morgan fingerprint density at radius 3 is 1.26 bits per heavy atom. The van der Waals surface area contributed by atoms with Gasteiger partial charge in [-0.1, -0.05) is 77.6 Å². The van der Waals surface area contributed by atoms with Crippen LogP contribution in [0, 0.1) is 19.8 Å². The molecule has 3 heteroatoms. The average molecular weight is 300 g/mol. The number of hydrogen-bond acceptors (Lipinski definition) is 0. The Labute approximate surface area is 185 Å². The van der Waals surface area contributed by atoms with E-state index in [4.69, 9.17) is 0 Å². The van der Waals surface area contributed by atoms with Crippen molar-refractivity contribution in [1.29, 1.82) is 0 Å². The van der Waals surface area contributed by atoms with Crippen molar-refractivity contribution in [3.63, 3.8) is 0 Å². The van der Waals surface area contributed by atoms with Crippen LogP contribution in [0.5, 0.6) is 0 Å². The van der Waals surface area contributed by atoms with Gasteiger partial charge in [0.15, 0.2) is 0 Å². The Hall–Kier alpha value is 1.79. The molecule has 0 N–H and O–H groups in total. The van der Waals surface area contributed by atoms with E-state index in [1.807, 2.05) is 0 Å². The van der Waals surface area contributed by atoms with Gasteiger partial charge in [0, 0.05) is 0 Å². The maximum Gasteiger partial charge on any atom is 1.00 e. The Balaban J connectivity index is -0.000000602. The van der Waals surface area contributed by atoms with E-state index in [-0.39, 0.29) is 56.6 Å². The molecule has 0 rings (SSSR count). The van der Waals surface area contributed by atoms with Gasteiger partial charge in [0.05, 0.1) is 0 Å². The fourth-order valence-corrected chi connectivity index (χ4v) is 2.61. The van der Waals surface area contributed by atoms with E-state index in [0.29, 0.717) is 0 Å². The van der Waals surface area contributed by atoms with Gasteiger partial charge in [-0.2, -0.15) is 19.3 Å². The van der Waals surface area contributed by atoms with Crippen molar-refractivity contribution in [3.05, 3.63) is 19.8 Å². The zero-order valence-corrected chi connectivity index (χ0v) is 17.2. The molecule has 0 saturated carbocycles. The molecule has 0 aliphatic rings. The predicted octanol–water partition coefficient (Wildman–Crippen LogP) is -1.50. The summed E-state index contributed by atoms with van der Waals surface area (Å²) in [5.41, 5.74) is 0. The van der Waals surface area contributed by atoms with Crippen LogP contribution in [0.2, 0.25) is 0 Å². The Bertz CT molecular complexity index is 145. The first-order valence-corrected chi connectivity index (χ1v) is 9.34. The first-order valence-electron chi connectivity index (χ1n) is 9.34. The summed E-state index contributed by atoms with van der Waals surface area (Å²) in [5.74, 6) is 0. The van der Waals surface area contributed by atoms with E-state index in [2.05, 4.69) is 26.7 Å². The maximum atomic E-state index is 3.86. The van der Waals surface area contributed by atoms with Crippen molar-refractivity contribution in [2.45, 2.75) is 110 Å². The summed E-state index contributed by atoms with van der Waals surface area (Å²) in [6.07, 6.45) is 26.9. The first-order chi connectivity index (χ1) is 9.91. The van der Waals surface area contributed by atoms with Gasteiger partial charge < -0.3 is 19.8 Å². The van der Waals surface area contributed by atoms with Gasteiger partial charge in [0.2, 0.25) is 0 Å². The van der Waals surface area contributed by atoms with Gasteiger partial charge in [-0.15, -0.1) is 0 Å². The molecule has 0 aliphatic heterocycles. The van der Waals surface area contributed by atoms with E-state index in [1.54, 1.807) is 0 Å². The smallest absolute Gasteiger partial charge is 0.346 e. The molecule has 0 aromatic heterocycles. The molecule has 23 heavy (non-hydrogen) atoms. The molecule has 122 valence electrons. The number of hydrogen-bond donors (Lipinski definition) is 0. The van der Waals surface area contributed by atoms with Crippen LogP contribution in [0.15, 0.2) is 0 Å². The number of unbranched alkanes of at least 4 members (excludes halogenated alkanes) is 17. The van der Waals surface area contributed by atoms with Crippen molar-refractivity contribution in [2.24, 2.45) is 0 Å². The molecular weight excluding hydrogens is 261 g/mol. The predicted molar refractivity (Wildman–Crippen MR) is 93.5 cm³/mol. The van der Waals surface area contributed by atoms with Crippen LogP contribution in [0.1, 0.15) is 110 Å². The minimum atomic E-state index is 0.